The smallest absolute Gasteiger partial charge is 0.110 e. The van der Waals surface area contributed by atoms with Gasteiger partial charge in [0.2, 0.25) is 0 Å². The van der Waals surface area contributed by atoms with Crippen LogP contribution in [-0.4, -0.2) is 4.99 Å². The third-order valence-electron chi connectivity index (χ3n) is 1.56. The first-order valence-corrected chi connectivity index (χ1v) is 4.32. The topological polar surface area (TPSA) is 12.0 Å². The molecule has 0 aliphatic carbocycles. The molecule has 0 atom stereocenters. The Kier molecular flexibility index (Phi) is 3.41. The summed E-state index contributed by atoms with van der Waals surface area (Å²) in [6.07, 6.45) is 1.63. The van der Waals surface area contributed by atoms with Crippen LogP contribution in [0.1, 0.15) is 5.56 Å². The van der Waals surface area contributed by atoms with Crippen LogP contribution in [0.2, 0.25) is 0 Å². The van der Waals surface area contributed by atoms with Crippen LogP contribution < -0.4 is 5.32 Å². The first-order valence-electron chi connectivity index (χ1n) is 3.92. The number of benzene rings is 1. The van der Waals surface area contributed by atoms with E-state index in [1.54, 1.807) is 6.08 Å². The molecule has 0 fully saturated rings. The number of hydrogen-bond donors (Lipinski definition) is 1. The van der Waals surface area contributed by atoms with E-state index >= 15 is 0 Å². The Hall–Kier alpha value is -1.41. The predicted molar refractivity (Wildman–Crippen MR) is 60.6 cm³/mol. The van der Waals surface area contributed by atoms with Gasteiger partial charge in [-0.1, -0.05) is 55.7 Å². The molecule has 0 aromatic heterocycles. The number of hydrogen-bond acceptors (Lipinski definition) is 1. The van der Waals surface area contributed by atoms with Crippen molar-refractivity contribution in [1.82, 2.24) is 5.32 Å². The minimum absolute atomic E-state index is 0.672. The Bertz CT molecular complexity index is 327. The second-order valence-electron chi connectivity index (χ2n) is 2.55. The van der Waals surface area contributed by atoms with Gasteiger partial charge < -0.3 is 5.32 Å². The second-order valence-corrected chi connectivity index (χ2v) is 2.96. The van der Waals surface area contributed by atoms with E-state index < -0.39 is 0 Å². The molecule has 0 unspecified atom stereocenters. The van der Waals surface area contributed by atoms with Crippen molar-refractivity contribution in [2.24, 2.45) is 0 Å². The van der Waals surface area contributed by atoms with Crippen molar-refractivity contribution in [1.29, 1.82) is 0 Å². The fourth-order valence-electron chi connectivity index (χ4n) is 0.859. The van der Waals surface area contributed by atoms with Gasteiger partial charge in [0.25, 0.3) is 0 Å². The van der Waals surface area contributed by atoms with Crippen LogP contribution in [-0.2, 0) is 0 Å². The van der Waals surface area contributed by atoms with Crippen molar-refractivity contribution in [3.05, 3.63) is 60.8 Å². The molecular formula is C11H11NS. The van der Waals surface area contributed by atoms with Gasteiger partial charge in [0, 0.05) is 11.3 Å². The quantitative estimate of drug-likeness (QED) is 0.579. The molecule has 0 saturated carbocycles. The third kappa shape index (κ3) is 2.84. The lowest BCUT2D eigenvalue weighted by Crippen LogP contribution is -2.19. The minimum Gasteiger partial charge on any atom is -0.347 e. The number of allylic oxidation sites excluding steroid dienone is 1. The zero-order chi connectivity index (χ0) is 9.68. The average Bonchev–Trinajstić information content (AvgIpc) is 2.19. The third-order valence-corrected chi connectivity index (χ3v) is 1.89. The molecule has 1 aromatic carbocycles. The van der Waals surface area contributed by atoms with E-state index in [0.29, 0.717) is 10.7 Å². The fraction of sp³-hybridized carbons (Fsp3) is 0. The maximum Gasteiger partial charge on any atom is 0.110 e. The predicted octanol–water partition coefficient (Wildman–Crippen LogP) is 2.65. The number of nitrogens with one attached hydrogen (secondary N) is 1. The van der Waals surface area contributed by atoms with E-state index in [0.717, 1.165) is 5.56 Å². The molecule has 0 aliphatic rings. The van der Waals surface area contributed by atoms with Crippen molar-refractivity contribution in [2.75, 3.05) is 0 Å². The summed E-state index contributed by atoms with van der Waals surface area (Å²) in [5.74, 6) is 0. The van der Waals surface area contributed by atoms with Gasteiger partial charge in [0.05, 0.1) is 0 Å². The lowest BCUT2D eigenvalue weighted by Gasteiger charge is -2.06. The second kappa shape index (κ2) is 4.58. The molecule has 0 saturated heterocycles. The highest BCUT2D eigenvalue weighted by molar-refractivity contribution is 7.80. The van der Waals surface area contributed by atoms with Crippen LogP contribution in [0.4, 0.5) is 0 Å². The molecular weight excluding hydrogens is 178 g/mol. The molecule has 66 valence electrons. The summed E-state index contributed by atoms with van der Waals surface area (Å²) in [7, 11) is 0. The fourth-order valence-corrected chi connectivity index (χ4v) is 1.13. The van der Waals surface area contributed by atoms with Gasteiger partial charge in [-0.05, 0) is 6.08 Å². The lowest BCUT2D eigenvalue weighted by molar-refractivity contribution is 1.22. The molecule has 13 heavy (non-hydrogen) atoms. The Morgan fingerprint density at radius 3 is 2.46 bits per heavy atom. The lowest BCUT2D eigenvalue weighted by atomic mass is 10.2. The maximum atomic E-state index is 5.14. The summed E-state index contributed by atoms with van der Waals surface area (Å²) >= 11 is 5.14. The van der Waals surface area contributed by atoms with E-state index in [9.17, 15) is 0 Å². The van der Waals surface area contributed by atoms with Crippen LogP contribution in [0.25, 0.3) is 0 Å². The standard InChI is InChI=1S/C11H11NS/c1-3-9(2)12-11(13)10-7-5-4-6-8-10/h3-8H,1-2H2,(H,12,13). The van der Waals surface area contributed by atoms with E-state index in [1.165, 1.54) is 0 Å². The summed E-state index contributed by atoms with van der Waals surface area (Å²) in [5, 5.41) is 2.96. The molecule has 0 heterocycles. The van der Waals surface area contributed by atoms with Crippen molar-refractivity contribution in [3.8, 4) is 0 Å². The summed E-state index contributed by atoms with van der Waals surface area (Å²) in [5.41, 5.74) is 1.70. The Balaban J connectivity index is 2.70. The number of rotatable bonds is 3. The van der Waals surface area contributed by atoms with Crippen LogP contribution in [0, 0.1) is 0 Å². The highest BCUT2D eigenvalue weighted by Crippen LogP contribution is 2.00. The Morgan fingerprint density at radius 1 is 1.31 bits per heavy atom. The van der Waals surface area contributed by atoms with Crippen LogP contribution in [0.15, 0.2) is 55.3 Å². The summed E-state index contributed by atoms with van der Waals surface area (Å²) < 4.78 is 0. The zero-order valence-corrected chi connectivity index (χ0v) is 8.10. The first-order chi connectivity index (χ1) is 6.24. The molecule has 0 spiro atoms. The van der Waals surface area contributed by atoms with Gasteiger partial charge in [-0.25, -0.2) is 0 Å². The van der Waals surface area contributed by atoms with Gasteiger partial charge in [-0.3, -0.25) is 0 Å². The van der Waals surface area contributed by atoms with E-state index in [-0.39, 0.29) is 0 Å². The molecule has 1 nitrogen and oxygen atoms in total. The molecule has 2 heteroatoms. The summed E-state index contributed by atoms with van der Waals surface area (Å²) in [6, 6.07) is 9.74. The molecule has 0 aliphatic heterocycles. The van der Waals surface area contributed by atoms with Gasteiger partial charge >= 0.3 is 0 Å². The monoisotopic (exact) mass is 189 g/mol. The van der Waals surface area contributed by atoms with Gasteiger partial charge in [0.1, 0.15) is 4.99 Å². The molecule has 0 amide bonds. The highest BCUT2D eigenvalue weighted by Gasteiger charge is 1.98. The first kappa shape index (κ1) is 9.68. The maximum absolute atomic E-state index is 5.14. The number of thiocarbonyl (C=S) groups is 1. The Labute approximate surface area is 83.8 Å². The van der Waals surface area contributed by atoms with Gasteiger partial charge in [-0.2, -0.15) is 0 Å². The van der Waals surface area contributed by atoms with Gasteiger partial charge in [0.15, 0.2) is 0 Å². The van der Waals surface area contributed by atoms with Gasteiger partial charge in [-0.15, -0.1) is 0 Å². The average molecular weight is 189 g/mol. The van der Waals surface area contributed by atoms with E-state index in [1.807, 2.05) is 30.3 Å². The van der Waals surface area contributed by atoms with Crippen LogP contribution >= 0.6 is 12.2 Å². The van der Waals surface area contributed by atoms with Crippen LogP contribution in [0.5, 0.6) is 0 Å². The van der Waals surface area contributed by atoms with E-state index in [2.05, 4.69) is 18.5 Å². The molecule has 1 rings (SSSR count). The van der Waals surface area contributed by atoms with Crippen LogP contribution in [0.3, 0.4) is 0 Å². The molecule has 1 N–H and O–H groups in total. The zero-order valence-electron chi connectivity index (χ0n) is 7.29. The van der Waals surface area contributed by atoms with E-state index in [4.69, 9.17) is 12.2 Å². The highest BCUT2D eigenvalue weighted by atomic mass is 32.1. The van der Waals surface area contributed by atoms with Crippen molar-refractivity contribution >= 4 is 17.2 Å². The summed E-state index contributed by atoms with van der Waals surface area (Å²) in [4.78, 5) is 0.672. The largest absolute Gasteiger partial charge is 0.347 e. The Morgan fingerprint density at radius 2 is 1.92 bits per heavy atom. The van der Waals surface area contributed by atoms with Crippen molar-refractivity contribution in [3.63, 3.8) is 0 Å². The summed E-state index contributed by atoms with van der Waals surface area (Å²) in [6.45, 7) is 7.31. The van der Waals surface area contributed by atoms with Crippen molar-refractivity contribution < 1.29 is 0 Å². The SMILES string of the molecule is C=CC(=C)NC(=S)c1ccccc1. The normalized spacial score (nSPS) is 8.92. The van der Waals surface area contributed by atoms with Crippen molar-refractivity contribution in [2.45, 2.75) is 0 Å². The molecule has 0 radical (unpaired) electrons. The molecule has 1 aromatic rings. The molecule has 0 bridgehead atoms. The minimum atomic E-state index is 0.672.